The van der Waals surface area contributed by atoms with Crippen molar-refractivity contribution in [1.82, 2.24) is 0 Å². The lowest BCUT2D eigenvalue weighted by molar-refractivity contribution is 0.505. The second-order valence-electron chi connectivity index (χ2n) is 5.02. The molecule has 1 unspecified atom stereocenters. The van der Waals surface area contributed by atoms with Crippen molar-refractivity contribution in [2.45, 2.75) is 24.8 Å². The highest BCUT2D eigenvalue weighted by atomic mass is 15.0. The van der Waals surface area contributed by atoms with Crippen LogP contribution in [0.3, 0.4) is 0 Å². The third-order valence-corrected chi connectivity index (χ3v) is 3.80. The number of nitriles is 1. The summed E-state index contributed by atoms with van der Waals surface area (Å²) in [7, 11) is 0. The molecule has 0 fully saturated rings. The molecule has 1 aliphatic rings. The molecule has 2 aromatic rings. The highest BCUT2D eigenvalue weighted by molar-refractivity contribution is 5.53. The molecule has 3 rings (SSSR count). The van der Waals surface area contributed by atoms with Crippen LogP contribution in [0, 0.1) is 11.3 Å². The molecular formula is C17H16N2. The van der Waals surface area contributed by atoms with Crippen molar-refractivity contribution in [3.63, 3.8) is 0 Å². The van der Waals surface area contributed by atoms with E-state index in [4.69, 9.17) is 0 Å². The Balaban J connectivity index is 2.04. The molecule has 0 saturated carbocycles. The van der Waals surface area contributed by atoms with Gasteiger partial charge in [-0.3, -0.25) is 0 Å². The SMILES string of the molecule is N#CC1(Nc2ccccc2)CCCc2ccccc21. The molecule has 0 radical (unpaired) electrons. The van der Waals surface area contributed by atoms with Gasteiger partial charge in [-0.05, 0) is 42.5 Å². The first-order chi connectivity index (χ1) is 9.34. The Morgan fingerprint density at radius 1 is 1.00 bits per heavy atom. The van der Waals surface area contributed by atoms with Gasteiger partial charge in [-0.2, -0.15) is 5.26 Å². The van der Waals surface area contributed by atoms with E-state index in [0.717, 1.165) is 30.5 Å². The number of benzene rings is 2. The van der Waals surface area contributed by atoms with Crippen molar-refractivity contribution < 1.29 is 0 Å². The standard InChI is InChI=1S/C17H16N2/c18-13-17(19-15-9-2-1-3-10-15)12-6-8-14-7-4-5-11-16(14)17/h1-5,7,9-11,19H,6,8,12H2. The van der Waals surface area contributed by atoms with Gasteiger partial charge in [0.2, 0.25) is 0 Å². The van der Waals surface area contributed by atoms with Gasteiger partial charge in [-0.1, -0.05) is 42.5 Å². The van der Waals surface area contributed by atoms with E-state index in [1.54, 1.807) is 0 Å². The number of rotatable bonds is 2. The molecule has 19 heavy (non-hydrogen) atoms. The molecule has 1 N–H and O–H groups in total. The first-order valence-corrected chi connectivity index (χ1v) is 6.67. The van der Waals surface area contributed by atoms with E-state index in [2.05, 4.69) is 29.6 Å². The molecule has 0 heterocycles. The Bertz CT molecular complexity index is 613. The lowest BCUT2D eigenvalue weighted by Gasteiger charge is -2.34. The van der Waals surface area contributed by atoms with Gasteiger partial charge >= 0.3 is 0 Å². The topological polar surface area (TPSA) is 35.8 Å². The van der Waals surface area contributed by atoms with Crippen LogP contribution in [0.5, 0.6) is 0 Å². The van der Waals surface area contributed by atoms with E-state index in [-0.39, 0.29) is 0 Å². The number of hydrogen-bond donors (Lipinski definition) is 1. The predicted molar refractivity (Wildman–Crippen MR) is 76.7 cm³/mol. The normalized spacial score (nSPS) is 21.2. The lowest BCUT2D eigenvalue weighted by atomic mass is 9.77. The van der Waals surface area contributed by atoms with Crippen LogP contribution in [0.4, 0.5) is 5.69 Å². The lowest BCUT2D eigenvalue weighted by Crippen LogP contribution is -2.37. The molecule has 0 aliphatic heterocycles. The van der Waals surface area contributed by atoms with Crippen LogP contribution in [0.25, 0.3) is 0 Å². The third-order valence-electron chi connectivity index (χ3n) is 3.80. The quantitative estimate of drug-likeness (QED) is 0.876. The van der Waals surface area contributed by atoms with Crippen molar-refractivity contribution >= 4 is 5.69 Å². The number of nitrogens with one attached hydrogen (secondary N) is 1. The van der Waals surface area contributed by atoms with Crippen LogP contribution in [-0.4, -0.2) is 0 Å². The number of nitrogens with zero attached hydrogens (tertiary/aromatic N) is 1. The fraction of sp³-hybridized carbons (Fsp3) is 0.235. The fourth-order valence-electron chi connectivity index (χ4n) is 2.88. The second kappa shape index (κ2) is 4.78. The van der Waals surface area contributed by atoms with Crippen molar-refractivity contribution in [3.8, 4) is 6.07 Å². The number of fused-ring (bicyclic) bond motifs is 1. The summed E-state index contributed by atoms with van der Waals surface area (Å²) in [6.45, 7) is 0. The highest BCUT2D eigenvalue weighted by Crippen LogP contribution is 2.37. The first kappa shape index (κ1) is 11.8. The molecule has 0 bridgehead atoms. The average molecular weight is 248 g/mol. The van der Waals surface area contributed by atoms with E-state index in [1.165, 1.54) is 5.56 Å². The average Bonchev–Trinajstić information content (AvgIpc) is 2.49. The van der Waals surface area contributed by atoms with Crippen molar-refractivity contribution in [1.29, 1.82) is 5.26 Å². The van der Waals surface area contributed by atoms with Crippen molar-refractivity contribution in [3.05, 3.63) is 65.7 Å². The van der Waals surface area contributed by atoms with Crippen LogP contribution in [0.2, 0.25) is 0 Å². The molecule has 2 aromatic carbocycles. The third kappa shape index (κ3) is 2.08. The van der Waals surface area contributed by atoms with E-state index < -0.39 is 5.54 Å². The summed E-state index contributed by atoms with van der Waals surface area (Å²) in [5.74, 6) is 0. The van der Waals surface area contributed by atoms with Crippen LogP contribution in [0.1, 0.15) is 24.0 Å². The highest BCUT2D eigenvalue weighted by Gasteiger charge is 2.36. The molecule has 1 atom stereocenters. The van der Waals surface area contributed by atoms with E-state index in [1.807, 2.05) is 36.4 Å². The van der Waals surface area contributed by atoms with Gasteiger partial charge in [0.15, 0.2) is 5.54 Å². The Morgan fingerprint density at radius 3 is 2.53 bits per heavy atom. The maximum Gasteiger partial charge on any atom is 0.151 e. The molecule has 0 saturated heterocycles. The smallest absolute Gasteiger partial charge is 0.151 e. The zero-order valence-electron chi connectivity index (χ0n) is 10.8. The molecule has 0 aromatic heterocycles. The molecule has 94 valence electrons. The molecule has 1 aliphatic carbocycles. The largest absolute Gasteiger partial charge is 0.364 e. The van der Waals surface area contributed by atoms with Gasteiger partial charge in [0.1, 0.15) is 0 Å². The van der Waals surface area contributed by atoms with Gasteiger partial charge in [0, 0.05) is 5.69 Å². The Morgan fingerprint density at radius 2 is 1.74 bits per heavy atom. The van der Waals surface area contributed by atoms with Crippen LogP contribution in [0.15, 0.2) is 54.6 Å². The zero-order valence-corrected chi connectivity index (χ0v) is 10.8. The van der Waals surface area contributed by atoms with Gasteiger partial charge in [0.25, 0.3) is 0 Å². The summed E-state index contributed by atoms with van der Waals surface area (Å²) in [6, 6.07) is 20.8. The van der Waals surface area contributed by atoms with Gasteiger partial charge < -0.3 is 5.32 Å². The molecule has 0 spiro atoms. The molecule has 0 amide bonds. The maximum atomic E-state index is 9.74. The molecule has 2 nitrogen and oxygen atoms in total. The van der Waals surface area contributed by atoms with Gasteiger partial charge in [-0.15, -0.1) is 0 Å². The summed E-state index contributed by atoms with van der Waals surface area (Å²) in [5.41, 5.74) is 2.84. The van der Waals surface area contributed by atoms with E-state index in [0.29, 0.717) is 0 Å². The predicted octanol–water partition coefficient (Wildman–Crippen LogP) is 3.85. The number of aryl methyl sites for hydroxylation is 1. The maximum absolute atomic E-state index is 9.74. The number of anilines is 1. The Labute approximate surface area is 113 Å². The minimum atomic E-state index is -0.587. The van der Waals surface area contributed by atoms with Crippen molar-refractivity contribution in [2.24, 2.45) is 0 Å². The zero-order chi connectivity index (χ0) is 13.1. The van der Waals surface area contributed by atoms with Crippen LogP contribution >= 0.6 is 0 Å². The number of para-hydroxylation sites is 1. The fourth-order valence-corrected chi connectivity index (χ4v) is 2.88. The van der Waals surface area contributed by atoms with Crippen molar-refractivity contribution in [2.75, 3.05) is 5.32 Å². The van der Waals surface area contributed by atoms with E-state index >= 15 is 0 Å². The minimum absolute atomic E-state index is 0.587. The monoisotopic (exact) mass is 248 g/mol. The molecular weight excluding hydrogens is 232 g/mol. The summed E-state index contributed by atoms with van der Waals surface area (Å²) in [4.78, 5) is 0. The molecule has 2 heteroatoms. The van der Waals surface area contributed by atoms with E-state index in [9.17, 15) is 5.26 Å². The van der Waals surface area contributed by atoms with Gasteiger partial charge in [-0.25, -0.2) is 0 Å². The summed E-state index contributed by atoms with van der Waals surface area (Å²) >= 11 is 0. The Hall–Kier alpha value is -2.27. The first-order valence-electron chi connectivity index (χ1n) is 6.67. The number of hydrogen-bond acceptors (Lipinski definition) is 2. The Kier molecular flexibility index (Phi) is 2.97. The summed E-state index contributed by atoms with van der Waals surface area (Å²) in [6.07, 6.45) is 2.97. The summed E-state index contributed by atoms with van der Waals surface area (Å²) in [5, 5.41) is 13.2. The summed E-state index contributed by atoms with van der Waals surface area (Å²) < 4.78 is 0. The minimum Gasteiger partial charge on any atom is -0.364 e. The van der Waals surface area contributed by atoms with Crippen LogP contribution in [-0.2, 0) is 12.0 Å². The van der Waals surface area contributed by atoms with Crippen LogP contribution < -0.4 is 5.32 Å². The second-order valence-corrected chi connectivity index (χ2v) is 5.02. The van der Waals surface area contributed by atoms with Gasteiger partial charge in [0.05, 0.1) is 6.07 Å².